The number of hydrogen-bond donors (Lipinski definition) is 0. The van der Waals surface area contributed by atoms with E-state index in [9.17, 15) is 19.0 Å². The van der Waals surface area contributed by atoms with Gasteiger partial charge in [-0.3, -0.25) is 4.79 Å². The van der Waals surface area contributed by atoms with E-state index in [1.165, 1.54) is 12.3 Å². The molecule has 39 heavy (non-hydrogen) atoms. The molecule has 1 atom stereocenters. The Morgan fingerprint density at radius 3 is 2.31 bits per heavy atom. The highest BCUT2D eigenvalue weighted by molar-refractivity contribution is 7.89. The van der Waals surface area contributed by atoms with Gasteiger partial charge in [0, 0.05) is 56.5 Å². The first-order valence-corrected chi connectivity index (χ1v) is 14.1. The predicted molar refractivity (Wildman–Crippen MR) is 150 cm³/mol. The Balaban J connectivity index is 1.25. The van der Waals surface area contributed by atoms with Gasteiger partial charge in [0.05, 0.1) is 41.9 Å². The summed E-state index contributed by atoms with van der Waals surface area (Å²) in [5, 5.41) is 9.45. The van der Waals surface area contributed by atoms with E-state index in [0.29, 0.717) is 74.2 Å². The Kier molecular flexibility index (Phi) is 8.02. The average Bonchev–Trinajstić information content (AvgIpc) is 2.97. The van der Waals surface area contributed by atoms with Crippen molar-refractivity contribution in [1.29, 1.82) is 5.26 Å². The van der Waals surface area contributed by atoms with Crippen molar-refractivity contribution < 1.29 is 13.7 Å². The number of halogens is 1. The number of rotatable bonds is 5. The van der Waals surface area contributed by atoms with Gasteiger partial charge in [-0.2, -0.15) is 5.26 Å². The fraction of sp³-hybridized carbons (Fsp3) is 0.345. The molecule has 2 aromatic carbocycles. The molecule has 0 N–H and O–H groups in total. The molecule has 2 saturated heterocycles. The lowest BCUT2D eigenvalue weighted by molar-refractivity contribution is 0.0745. The summed E-state index contributed by atoms with van der Waals surface area (Å²) in [6, 6.07) is 16.6. The van der Waals surface area contributed by atoms with Gasteiger partial charge in [-0.15, -0.1) is 4.31 Å². The number of aryl methyl sites for hydroxylation is 2. The molecule has 0 radical (unpaired) electrons. The first-order chi connectivity index (χ1) is 18.9. The second kappa shape index (κ2) is 11.6. The van der Waals surface area contributed by atoms with Gasteiger partial charge in [0.15, 0.2) is 4.90 Å². The van der Waals surface area contributed by atoms with Crippen LogP contribution in [0.3, 0.4) is 0 Å². The summed E-state index contributed by atoms with van der Waals surface area (Å²) in [4.78, 5) is 24.3. The van der Waals surface area contributed by atoms with Crippen LogP contribution in [0.15, 0.2) is 59.6 Å². The van der Waals surface area contributed by atoms with Crippen LogP contribution in [0.5, 0.6) is 0 Å². The van der Waals surface area contributed by atoms with E-state index in [4.69, 9.17) is 0 Å². The first kappa shape index (κ1) is 26.9. The Bertz CT molecular complexity index is 1380. The maximum Gasteiger partial charge on any atom is 0.254 e. The van der Waals surface area contributed by atoms with Crippen molar-refractivity contribution in [3.63, 3.8) is 0 Å². The zero-order valence-corrected chi connectivity index (χ0v) is 23.0. The number of pyridine rings is 1. The van der Waals surface area contributed by atoms with Crippen LogP contribution in [0.25, 0.3) is 0 Å². The van der Waals surface area contributed by atoms with E-state index < -0.39 is 11.4 Å². The Morgan fingerprint density at radius 1 is 0.949 bits per heavy atom. The van der Waals surface area contributed by atoms with Gasteiger partial charge in [0.25, 0.3) is 5.91 Å². The number of nitriles is 1. The van der Waals surface area contributed by atoms with Crippen molar-refractivity contribution in [3.05, 3.63) is 82.8 Å². The molecule has 1 unspecified atom stereocenters. The summed E-state index contributed by atoms with van der Waals surface area (Å²) in [6.07, 6.45) is 1.20. The molecule has 0 saturated carbocycles. The van der Waals surface area contributed by atoms with Gasteiger partial charge in [-0.05, 0) is 43.7 Å². The smallest absolute Gasteiger partial charge is 0.254 e. The molecule has 5 rings (SSSR count). The minimum Gasteiger partial charge on any atom is -0.593 e. The monoisotopic (exact) mass is 546 g/mol. The SMILES string of the molecule is Cc1cc(C)c([S+]([O-])N2CCN(c3ccccc3C#N)CC2)cc1C(=O)N1CCN(c2ccc(F)cn2)CC1. The van der Waals surface area contributed by atoms with Crippen molar-refractivity contribution in [3.8, 4) is 6.07 Å². The summed E-state index contributed by atoms with van der Waals surface area (Å²) in [5.74, 6) is 0.251. The van der Waals surface area contributed by atoms with Crippen molar-refractivity contribution in [2.24, 2.45) is 0 Å². The maximum absolute atomic E-state index is 13.7. The quantitative estimate of drug-likeness (QED) is 0.453. The largest absolute Gasteiger partial charge is 0.593 e. The summed E-state index contributed by atoms with van der Waals surface area (Å²) in [6.45, 7) is 8.60. The number of carbonyl (C=O) groups is 1. The molecular formula is C29H31FN6O2S. The highest BCUT2D eigenvalue weighted by Gasteiger charge is 2.32. The zero-order chi connectivity index (χ0) is 27.5. The number of hydrogen-bond acceptors (Lipinski definition) is 7. The number of piperazine rings is 2. The van der Waals surface area contributed by atoms with E-state index in [1.807, 2.05) is 58.3 Å². The lowest BCUT2D eigenvalue weighted by atomic mass is 10.0. The molecule has 2 fully saturated rings. The van der Waals surface area contributed by atoms with Gasteiger partial charge in [-0.25, -0.2) is 9.37 Å². The molecule has 10 heteroatoms. The van der Waals surface area contributed by atoms with Crippen LogP contribution >= 0.6 is 0 Å². The molecule has 1 aromatic heterocycles. The van der Waals surface area contributed by atoms with E-state index >= 15 is 0 Å². The number of para-hydroxylation sites is 1. The van der Waals surface area contributed by atoms with Gasteiger partial charge < -0.3 is 19.3 Å². The van der Waals surface area contributed by atoms with Crippen LogP contribution in [-0.4, -0.2) is 77.0 Å². The topological polar surface area (TPSA) is 89.8 Å². The van der Waals surface area contributed by atoms with E-state index in [1.54, 1.807) is 12.1 Å². The van der Waals surface area contributed by atoms with E-state index in [0.717, 1.165) is 16.8 Å². The second-order valence-electron chi connectivity index (χ2n) is 9.84. The third-order valence-corrected chi connectivity index (χ3v) is 9.03. The van der Waals surface area contributed by atoms with Crippen LogP contribution in [0.4, 0.5) is 15.9 Å². The molecule has 202 valence electrons. The van der Waals surface area contributed by atoms with Crippen molar-refractivity contribution in [2.45, 2.75) is 18.7 Å². The minimum absolute atomic E-state index is 0.0737. The Hall–Kier alpha value is -3.65. The normalized spacial score (nSPS) is 17.2. The maximum atomic E-state index is 13.7. The zero-order valence-electron chi connectivity index (χ0n) is 22.1. The number of nitrogens with zero attached hydrogens (tertiary/aromatic N) is 6. The number of anilines is 2. The first-order valence-electron chi connectivity index (χ1n) is 13.0. The van der Waals surface area contributed by atoms with Crippen LogP contribution < -0.4 is 9.80 Å². The second-order valence-corrected chi connectivity index (χ2v) is 11.3. The Labute approximate surface area is 231 Å². The van der Waals surface area contributed by atoms with Gasteiger partial charge in [-0.1, -0.05) is 18.2 Å². The van der Waals surface area contributed by atoms with Crippen LogP contribution in [-0.2, 0) is 11.4 Å². The third-order valence-electron chi connectivity index (χ3n) is 7.38. The Morgan fingerprint density at radius 2 is 1.64 bits per heavy atom. The minimum atomic E-state index is -1.41. The highest BCUT2D eigenvalue weighted by Crippen LogP contribution is 2.28. The van der Waals surface area contributed by atoms with Crippen LogP contribution in [0.2, 0.25) is 0 Å². The van der Waals surface area contributed by atoms with Crippen molar-refractivity contribution in [1.82, 2.24) is 14.2 Å². The molecule has 0 bridgehead atoms. The molecule has 2 aliphatic heterocycles. The van der Waals surface area contributed by atoms with Gasteiger partial charge in [0.2, 0.25) is 0 Å². The van der Waals surface area contributed by atoms with Gasteiger partial charge >= 0.3 is 0 Å². The summed E-state index contributed by atoms with van der Waals surface area (Å²) in [5.41, 5.74) is 3.86. The number of benzene rings is 2. The van der Waals surface area contributed by atoms with Crippen LogP contribution in [0, 0.1) is 31.0 Å². The summed E-state index contributed by atoms with van der Waals surface area (Å²) >= 11 is -1.41. The molecule has 0 aliphatic carbocycles. The average molecular weight is 547 g/mol. The van der Waals surface area contributed by atoms with E-state index in [-0.39, 0.29) is 11.7 Å². The molecule has 0 spiro atoms. The van der Waals surface area contributed by atoms with Crippen molar-refractivity contribution in [2.75, 3.05) is 62.2 Å². The third kappa shape index (κ3) is 5.71. The predicted octanol–water partition coefficient (Wildman–Crippen LogP) is 3.52. The number of aromatic nitrogens is 1. The molecule has 8 nitrogen and oxygen atoms in total. The number of carbonyl (C=O) groups excluding carboxylic acids is 1. The fourth-order valence-electron chi connectivity index (χ4n) is 5.19. The van der Waals surface area contributed by atoms with Crippen molar-refractivity contribution >= 4 is 28.8 Å². The van der Waals surface area contributed by atoms with Gasteiger partial charge in [0.1, 0.15) is 17.7 Å². The molecule has 1 amide bonds. The molecule has 3 aromatic rings. The molecular weight excluding hydrogens is 515 g/mol. The lowest BCUT2D eigenvalue weighted by Gasteiger charge is -2.36. The molecule has 2 aliphatic rings. The summed E-state index contributed by atoms with van der Waals surface area (Å²) < 4.78 is 28.8. The summed E-state index contributed by atoms with van der Waals surface area (Å²) in [7, 11) is 0. The standard InChI is InChI=1S/C29H31FN6O2S/c1-21-17-22(2)27(39(38)36-15-13-33(14-16-36)26-6-4-3-5-23(26)19-31)18-25(21)29(37)35-11-9-34(10-12-35)28-8-7-24(30)20-32-28/h3-8,17-18,20H,9-16H2,1-2H3. The lowest BCUT2D eigenvalue weighted by Crippen LogP contribution is -2.49. The fourth-order valence-corrected chi connectivity index (χ4v) is 6.52. The van der Waals surface area contributed by atoms with E-state index in [2.05, 4.69) is 16.0 Å². The highest BCUT2D eigenvalue weighted by atomic mass is 32.2. The number of amides is 1. The van der Waals surface area contributed by atoms with Crippen LogP contribution in [0.1, 0.15) is 27.0 Å². The molecule has 3 heterocycles.